The number of phenolic OH excluding ortho intramolecular Hbond substituents is 1. The Morgan fingerprint density at radius 3 is 2.35 bits per heavy atom. The first-order valence-electron chi connectivity index (χ1n) is 12.3. The standard InChI is InChI=1S/C29H33FO7/c1-13(2)21-23(33)19(15(4)31)25(35)29(37)26(36)22-24(34)20-17(10-27(22,5)12-28(21,29)6)16(7-8-18(20)32)9-14(3)11-30/h7-8,13,21,32,34-35,37H,3,9-12H2,1-2,4-6H3/t21?,27-,28-,29+/m1/s1. The summed E-state index contributed by atoms with van der Waals surface area (Å²) in [5.74, 6) is -5.64. The molecule has 3 aliphatic carbocycles. The minimum absolute atomic E-state index is 0.000239. The third-order valence-electron chi connectivity index (χ3n) is 8.61. The summed E-state index contributed by atoms with van der Waals surface area (Å²) < 4.78 is 13.3. The average molecular weight is 513 g/mol. The summed E-state index contributed by atoms with van der Waals surface area (Å²) in [6.07, 6.45) is 0.307. The van der Waals surface area contributed by atoms with Crippen molar-refractivity contribution in [3.63, 3.8) is 0 Å². The zero-order chi connectivity index (χ0) is 27.8. The van der Waals surface area contributed by atoms with Crippen molar-refractivity contribution in [1.82, 2.24) is 0 Å². The number of benzene rings is 1. The first-order chi connectivity index (χ1) is 17.1. The Morgan fingerprint density at radius 1 is 1.19 bits per heavy atom. The summed E-state index contributed by atoms with van der Waals surface area (Å²) in [5, 5.41) is 45.2. The molecular formula is C29H33FO7. The lowest BCUT2D eigenvalue weighted by atomic mass is 9.43. The maximum Gasteiger partial charge on any atom is 0.203 e. The van der Waals surface area contributed by atoms with E-state index in [0.717, 1.165) is 6.92 Å². The number of allylic oxidation sites excluding steroid dienone is 2. The van der Waals surface area contributed by atoms with Gasteiger partial charge in [-0.3, -0.25) is 14.4 Å². The summed E-state index contributed by atoms with van der Waals surface area (Å²) >= 11 is 0. The van der Waals surface area contributed by atoms with Crippen molar-refractivity contribution < 1.29 is 39.2 Å². The third-order valence-corrected chi connectivity index (χ3v) is 8.61. The van der Waals surface area contributed by atoms with Gasteiger partial charge in [0.05, 0.1) is 5.56 Å². The van der Waals surface area contributed by atoms with Crippen LogP contribution >= 0.6 is 0 Å². The van der Waals surface area contributed by atoms with Crippen molar-refractivity contribution in [2.24, 2.45) is 22.7 Å². The molecule has 198 valence electrons. The Balaban J connectivity index is 2.05. The molecule has 37 heavy (non-hydrogen) atoms. The van der Waals surface area contributed by atoms with Gasteiger partial charge in [0.15, 0.2) is 17.2 Å². The van der Waals surface area contributed by atoms with Crippen molar-refractivity contribution in [2.45, 2.75) is 59.5 Å². The van der Waals surface area contributed by atoms with Gasteiger partial charge in [0, 0.05) is 22.3 Å². The molecule has 0 amide bonds. The fraction of sp³-hybridized carbons (Fsp3) is 0.483. The number of phenols is 1. The maximum absolute atomic E-state index is 14.2. The van der Waals surface area contributed by atoms with E-state index < -0.39 is 69.4 Å². The van der Waals surface area contributed by atoms with Crippen LogP contribution in [-0.2, 0) is 27.2 Å². The van der Waals surface area contributed by atoms with E-state index in [1.165, 1.54) is 6.07 Å². The smallest absolute Gasteiger partial charge is 0.203 e. The minimum atomic E-state index is -2.65. The Morgan fingerprint density at radius 2 is 1.81 bits per heavy atom. The fourth-order valence-corrected chi connectivity index (χ4v) is 7.26. The molecule has 8 heteroatoms. The molecule has 0 spiro atoms. The summed E-state index contributed by atoms with van der Waals surface area (Å²) in [4.78, 5) is 40.1. The molecular weight excluding hydrogens is 479 g/mol. The van der Waals surface area contributed by atoms with Gasteiger partial charge in [-0.25, -0.2) is 4.39 Å². The number of hydrogen-bond donors (Lipinski definition) is 4. The van der Waals surface area contributed by atoms with Gasteiger partial charge in [0.2, 0.25) is 5.78 Å². The van der Waals surface area contributed by atoms with Gasteiger partial charge in [-0.15, -0.1) is 0 Å². The number of fused-ring (bicyclic) bond motifs is 3. The van der Waals surface area contributed by atoms with E-state index in [-0.39, 0.29) is 36.1 Å². The molecule has 0 aliphatic heterocycles. The van der Waals surface area contributed by atoms with Crippen LogP contribution in [0.4, 0.5) is 4.39 Å². The van der Waals surface area contributed by atoms with Gasteiger partial charge < -0.3 is 20.4 Å². The highest BCUT2D eigenvalue weighted by molar-refractivity contribution is 6.24. The number of hydrogen-bond acceptors (Lipinski definition) is 7. The van der Waals surface area contributed by atoms with Crippen LogP contribution in [-0.4, -0.2) is 50.1 Å². The average Bonchev–Trinajstić information content (AvgIpc) is 2.77. The summed E-state index contributed by atoms with van der Waals surface area (Å²) in [6.45, 7) is 10.8. The van der Waals surface area contributed by atoms with Gasteiger partial charge in [-0.2, -0.15) is 0 Å². The van der Waals surface area contributed by atoms with Gasteiger partial charge in [-0.05, 0) is 54.9 Å². The van der Waals surface area contributed by atoms with Crippen LogP contribution < -0.4 is 0 Å². The summed E-state index contributed by atoms with van der Waals surface area (Å²) in [5.41, 5.74) is -4.63. The SMILES string of the molecule is C=C(CF)Cc1ccc(O)c2c1C[C@]1(C)C[C@]3(C)C(C(C)C)C(=O)C(C(C)=O)=C(O)[C@]3(O)C(=O)C1=C2O. The zero-order valence-electron chi connectivity index (χ0n) is 21.7. The molecule has 0 heterocycles. The van der Waals surface area contributed by atoms with Crippen LogP contribution in [0.15, 0.2) is 41.2 Å². The molecule has 1 aromatic carbocycles. The largest absolute Gasteiger partial charge is 0.508 e. The predicted octanol–water partition coefficient (Wildman–Crippen LogP) is 4.26. The van der Waals surface area contributed by atoms with Gasteiger partial charge in [0.1, 0.15) is 29.5 Å². The number of ketones is 3. The monoisotopic (exact) mass is 512 g/mol. The normalized spacial score (nSPS) is 31.3. The third kappa shape index (κ3) is 3.38. The highest BCUT2D eigenvalue weighted by Crippen LogP contribution is 2.65. The van der Waals surface area contributed by atoms with Crippen molar-refractivity contribution in [3.05, 3.63) is 57.9 Å². The zero-order valence-corrected chi connectivity index (χ0v) is 21.7. The molecule has 4 N–H and O–H groups in total. The Bertz CT molecular complexity index is 1340. The van der Waals surface area contributed by atoms with Crippen LogP contribution in [0.2, 0.25) is 0 Å². The second-order valence-electron chi connectivity index (χ2n) is 11.6. The minimum Gasteiger partial charge on any atom is -0.508 e. The van der Waals surface area contributed by atoms with E-state index in [1.54, 1.807) is 33.8 Å². The van der Waals surface area contributed by atoms with Gasteiger partial charge >= 0.3 is 0 Å². The molecule has 0 saturated heterocycles. The van der Waals surface area contributed by atoms with E-state index in [1.807, 2.05) is 0 Å². The van der Waals surface area contributed by atoms with E-state index in [2.05, 4.69) is 6.58 Å². The summed E-state index contributed by atoms with van der Waals surface area (Å²) in [6, 6.07) is 2.96. The number of alkyl halides is 1. The first-order valence-corrected chi connectivity index (χ1v) is 12.3. The van der Waals surface area contributed by atoms with Crippen LogP contribution in [0.3, 0.4) is 0 Å². The lowest BCUT2D eigenvalue weighted by Gasteiger charge is -2.59. The van der Waals surface area contributed by atoms with Crippen molar-refractivity contribution in [2.75, 3.05) is 6.67 Å². The number of aliphatic hydroxyl groups excluding tert-OH is 2. The maximum atomic E-state index is 14.2. The van der Waals surface area contributed by atoms with Crippen molar-refractivity contribution >= 4 is 23.1 Å². The number of rotatable bonds is 5. The number of carbonyl (C=O) groups excluding carboxylic acids is 3. The molecule has 0 radical (unpaired) electrons. The summed E-state index contributed by atoms with van der Waals surface area (Å²) in [7, 11) is 0. The second kappa shape index (κ2) is 8.38. The van der Waals surface area contributed by atoms with E-state index >= 15 is 0 Å². The number of aliphatic hydroxyl groups is 3. The molecule has 1 unspecified atom stereocenters. The Labute approximate surface area is 215 Å². The van der Waals surface area contributed by atoms with Crippen molar-refractivity contribution in [3.8, 4) is 5.75 Å². The molecule has 4 atom stereocenters. The number of Topliss-reactive ketones (excluding diaryl/α,β-unsaturated/α-hetero) is 3. The lowest BCUT2D eigenvalue weighted by molar-refractivity contribution is -0.178. The Kier molecular flexibility index (Phi) is 6.07. The Hall–Kier alpha value is -3.26. The molecule has 7 nitrogen and oxygen atoms in total. The van der Waals surface area contributed by atoms with E-state index in [0.29, 0.717) is 16.7 Å². The predicted molar refractivity (Wildman–Crippen MR) is 135 cm³/mol. The number of halogens is 1. The highest BCUT2D eigenvalue weighted by atomic mass is 19.1. The van der Waals surface area contributed by atoms with Gasteiger partial charge in [-0.1, -0.05) is 40.3 Å². The van der Waals surface area contributed by atoms with E-state index in [4.69, 9.17) is 0 Å². The second-order valence-corrected chi connectivity index (χ2v) is 11.6. The molecule has 1 fully saturated rings. The molecule has 1 aromatic rings. The van der Waals surface area contributed by atoms with Crippen molar-refractivity contribution in [1.29, 1.82) is 0 Å². The molecule has 1 saturated carbocycles. The van der Waals surface area contributed by atoms with E-state index in [9.17, 15) is 39.2 Å². The topological polar surface area (TPSA) is 132 Å². The highest BCUT2D eigenvalue weighted by Gasteiger charge is 2.72. The van der Waals surface area contributed by atoms with Crippen LogP contribution in [0, 0.1) is 22.7 Å². The fourth-order valence-electron chi connectivity index (χ4n) is 7.26. The molecule has 3 aliphatic rings. The quantitative estimate of drug-likeness (QED) is 0.342. The lowest BCUT2D eigenvalue weighted by Crippen LogP contribution is -2.69. The molecule has 0 aromatic heterocycles. The van der Waals surface area contributed by atoms with Crippen LogP contribution in [0.5, 0.6) is 5.75 Å². The number of carbonyl (C=O) groups is 3. The van der Waals surface area contributed by atoms with Crippen LogP contribution in [0.1, 0.15) is 57.7 Å². The first kappa shape index (κ1) is 26.8. The molecule has 4 rings (SSSR count). The van der Waals surface area contributed by atoms with Crippen LogP contribution in [0.25, 0.3) is 5.76 Å². The van der Waals surface area contributed by atoms with Gasteiger partial charge in [0.25, 0.3) is 0 Å². The number of aromatic hydroxyl groups is 1. The molecule has 0 bridgehead atoms.